The Morgan fingerprint density at radius 2 is 2.04 bits per heavy atom. The van der Waals surface area contributed by atoms with Crippen LogP contribution in [0.15, 0.2) is 36.0 Å². The third-order valence-electron chi connectivity index (χ3n) is 4.34. The van der Waals surface area contributed by atoms with Gasteiger partial charge in [0.25, 0.3) is 0 Å². The molecule has 0 radical (unpaired) electrons. The van der Waals surface area contributed by atoms with Gasteiger partial charge in [0.1, 0.15) is 0 Å². The van der Waals surface area contributed by atoms with Crippen molar-refractivity contribution in [2.45, 2.75) is 26.4 Å². The van der Waals surface area contributed by atoms with Gasteiger partial charge in [-0.05, 0) is 43.2 Å². The van der Waals surface area contributed by atoms with Crippen molar-refractivity contribution < 1.29 is 0 Å². The minimum atomic E-state index is 0.725. The minimum absolute atomic E-state index is 0.725. The summed E-state index contributed by atoms with van der Waals surface area (Å²) in [5, 5.41) is 0.725. The predicted octanol–water partition coefficient (Wildman–Crippen LogP) is 4.12. The Hall–Kier alpha value is -1.82. The van der Waals surface area contributed by atoms with Gasteiger partial charge in [0.05, 0.1) is 16.9 Å². The van der Waals surface area contributed by atoms with Crippen LogP contribution >= 0.6 is 22.9 Å². The lowest BCUT2D eigenvalue weighted by Crippen LogP contribution is -2.31. The second-order valence-electron chi connectivity index (χ2n) is 5.99. The van der Waals surface area contributed by atoms with Gasteiger partial charge in [0.15, 0.2) is 5.82 Å². The lowest BCUT2D eigenvalue weighted by atomic mass is 10.1. The van der Waals surface area contributed by atoms with Crippen LogP contribution in [0.4, 0.5) is 0 Å². The zero-order valence-electron chi connectivity index (χ0n) is 13.4. The molecule has 2 aromatic heterocycles. The van der Waals surface area contributed by atoms with Crippen molar-refractivity contribution in [2.75, 3.05) is 6.54 Å². The van der Waals surface area contributed by atoms with Crippen LogP contribution in [0.25, 0.3) is 11.4 Å². The van der Waals surface area contributed by atoms with Gasteiger partial charge in [-0.15, -0.1) is 11.3 Å². The molecule has 0 fully saturated rings. The van der Waals surface area contributed by atoms with E-state index < -0.39 is 0 Å². The normalized spacial score (nSPS) is 14.6. The van der Waals surface area contributed by atoms with E-state index in [0.717, 1.165) is 53.9 Å². The molecule has 0 aliphatic carbocycles. The molecule has 24 heavy (non-hydrogen) atoms. The molecule has 0 unspecified atom stereocenters. The zero-order valence-corrected chi connectivity index (χ0v) is 14.9. The highest BCUT2D eigenvalue weighted by molar-refractivity contribution is 7.09. The Labute approximate surface area is 150 Å². The van der Waals surface area contributed by atoms with Crippen LogP contribution in [0.3, 0.4) is 0 Å². The zero-order chi connectivity index (χ0) is 16.5. The molecule has 0 N–H and O–H groups in total. The van der Waals surface area contributed by atoms with Crippen LogP contribution in [0.2, 0.25) is 5.02 Å². The highest BCUT2D eigenvalue weighted by Gasteiger charge is 2.20. The van der Waals surface area contributed by atoms with Gasteiger partial charge < -0.3 is 0 Å². The van der Waals surface area contributed by atoms with Crippen LogP contribution in [0.5, 0.6) is 0 Å². The molecule has 122 valence electrons. The second kappa shape index (κ2) is 6.59. The average molecular weight is 357 g/mol. The van der Waals surface area contributed by atoms with Gasteiger partial charge in [0, 0.05) is 41.3 Å². The number of hydrogen-bond acceptors (Lipinski definition) is 5. The number of rotatable bonds is 3. The van der Waals surface area contributed by atoms with E-state index in [1.165, 1.54) is 10.4 Å². The van der Waals surface area contributed by atoms with Crippen molar-refractivity contribution >= 4 is 22.9 Å². The number of nitrogens with zero attached hydrogens (tertiary/aromatic N) is 4. The monoisotopic (exact) mass is 356 g/mol. The molecule has 1 aliphatic rings. The molecule has 0 amide bonds. The van der Waals surface area contributed by atoms with Crippen LogP contribution in [-0.2, 0) is 19.5 Å². The van der Waals surface area contributed by atoms with Gasteiger partial charge in [-0.1, -0.05) is 11.6 Å². The van der Waals surface area contributed by atoms with Crippen molar-refractivity contribution in [1.82, 2.24) is 19.9 Å². The molecular formula is C18H17ClN4S. The van der Waals surface area contributed by atoms with Gasteiger partial charge in [0.2, 0.25) is 0 Å². The molecule has 3 aromatic rings. The van der Waals surface area contributed by atoms with Crippen molar-refractivity contribution in [3.63, 3.8) is 0 Å². The van der Waals surface area contributed by atoms with Gasteiger partial charge in [-0.3, -0.25) is 4.90 Å². The summed E-state index contributed by atoms with van der Waals surface area (Å²) in [5.74, 6) is 0.765. The number of aromatic nitrogens is 3. The number of halogens is 1. The van der Waals surface area contributed by atoms with E-state index in [4.69, 9.17) is 16.6 Å². The van der Waals surface area contributed by atoms with Crippen LogP contribution in [0.1, 0.15) is 21.8 Å². The molecule has 0 atom stereocenters. The molecule has 0 saturated carbocycles. The van der Waals surface area contributed by atoms with Crippen molar-refractivity contribution in [3.8, 4) is 11.4 Å². The van der Waals surface area contributed by atoms with Crippen molar-refractivity contribution in [2.24, 2.45) is 0 Å². The molecule has 3 heterocycles. The van der Waals surface area contributed by atoms with E-state index in [-0.39, 0.29) is 0 Å². The molecule has 1 aliphatic heterocycles. The number of benzene rings is 1. The van der Waals surface area contributed by atoms with E-state index in [9.17, 15) is 0 Å². The molecule has 1 aromatic carbocycles. The highest BCUT2D eigenvalue weighted by atomic mass is 35.5. The lowest BCUT2D eigenvalue weighted by Gasteiger charge is -2.27. The fourth-order valence-electron chi connectivity index (χ4n) is 2.91. The summed E-state index contributed by atoms with van der Waals surface area (Å²) in [6.07, 6.45) is 2.97. The molecule has 0 bridgehead atoms. The summed E-state index contributed by atoms with van der Waals surface area (Å²) in [6.45, 7) is 4.91. The van der Waals surface area contributed by atoms with Crippen molar-refractivity contribution in [3.05, 3.63) is 62.8 Å². The number of aryl methyl sites for hydroxylation is 1. The Morgan fingerprint density at radius 1 is 1.21 bits per heavy atom. The van der Waals surface area contributed by atoms with E-state index in [1.807, 2.05) is 36.0 Å². The Morgan fingerprint density at radius 3 is 2.79 bits per heavy atom. The quantitative estimate of drug-likeness (QED) is 0.708. The Kier molecular flexibility index (Phi) is 4.31. The fraction of sp³-hybridized carbons (Fsp3) is 0.278. The van der Waals surface area contributed by atoms with Crippen LogP contribution in [0, 0.1) is 6.92 Å². The summed E-state index contributed by atoms with van der Waals surface area (Å²) in [4.78, 5) is 17.4. The topological polar surface area (TPSA) is 41.9 Å². The summed E-state index contributed by atoms with van der Waals surface area (Å²) in [7, 11) is 0. The van der Waals surface area contributed by atoms with Gasteiger partial charge in [-0.2, -0.15) is 0 Å². The first-order chi connectivity index (χ1) is 11.7. The van der Waals surface area contributed by atoms with E-state index in [0.29, 0.717) is 0 Å². The first-order valence-corrected chi connectivity index (χ1v) is 9.17. The maximum absolute atomic E-state index is 5.96. The smallest absolute Gasteiger partial charge is 0.159 e. The minimum Gasteiger partial charge on any atom is -0.292 e. The summed E-state index contributed by atoms with van der Waals surface area (Å²) in [6, 6.07) is 7.67. The van der Waals surface area contributed by atoms with E-state index in [2.05, 4.69) is 21.8 Å². The molecule has 0 saturated heterocycles. The van der Waals surface area contributed by atoms with E-state index in [1.54, 1.807) is 11.3 Å². The third-order valence-corrected chi connectivity index (χ3v) is 5.51. The average Bonchev–Trinajstić information content (AvgIpc) is 3.00. The second-order valence-corrected chi connectivity index (χ2v) is 7.37. The highest BCUT2D eigenvalue weighted by Crippen LogP contribution is 2.24. The summed E-state index contributed by atoms with van der Waals surface area (Å²) in [5.41, 5.74) is 6.44. The predicted molar refractivity (Wildman–Crippen MR) is 97.1 cm³/mol. The number of fused-ring (bicyclic) bond motifs is 1. The molecular weight excluding hydrogens is 340 g/mol. The Bertz CT molecular complexity index is 860. The SMILES string of the molecule is Cc1ncsc1CN1CCc2cnc(-c3ccc(Cl)cc3)nc2C1. The molecule has 0 spiro atoms. The van der Waals surface area contributed by atoms with Crippen LogP contribution < -0.4 is 0 Å². The largest absolute Gasteiger partial charge is 0.292 e. The fourth-order valence-corrected chi connectivity index (χ4v) is 3.86. The number of thiazole rings is 1. The molecule has 4 nitrogen and oxygen atoms in total. The molecule has 4 rings (SSSR count). The van der Waals surface area contributed by atoms with Gasteiger partial charge >= 0.3 is 0 Å². The van der Waals surface area contributed by atoms with E-state index >= 15 is 0 Å². The maximum atomic E-state index is 5.96. The summed E-state index contributed by atoms with van der Waals surface area (Å²) < 4.78 is 0. The lowest BCUT2D eigenvalue weighted by molar-refractivity contribution is 0.243. The third kappa shape index (κ3) is 3.20. The maximum Gasteiger partial charge on any atom is 0.159 e. The standard InChI is InChI=1S/C18H17ClN4S/c1-12-17(24-11-21-12)10-23-7-6-14-8-20-18(22-16(14)9-23)13-2-4-15(19)5-3-13/h2-5,8,11H,6-7,9-10H2,1H3. The van der Waals surface area contributed by atoms with Crippen LogP contribution in [-0.4, -0.2) is 26.4 Å². The number of hydrogen-bond donors (Lipinski definition) is 0. The van der Waals surface area contributed by atoms with Crippen molar-refractivity contribution in [1.29, 1.82) is 0 Å². The first kappa shape index (κ1) is 15.7. The first-order valence-electron chi connectivity index (χ1n) is 7.91. The van der Waals surface area contributed by atoms with Gasteiger partial charge in [-0.25, -0.2) is 15.0 Å². The Balaban J connectivity index is 1.57. The summed E-state index contributed by atoms with van der Waals surface area (Å²) >= 11 is 7.69. The molecule has 6 heteroatoms.